The van der Waals surface area contributed by atoms with Crippen LogP contribution in [0.3, 0.4) is 0 Å². The molecule has 0 unspecified atom stereocenters. The van der Waals surface area contributed by atoms with Crippen LogP contribution in [-0.2, 0) is 9.47 Å². The Kier molecular flexibility index (Phi) is 5.50. The van der Waals surface area contributed by atoms with Crippen molar-refractivity contribution in [2.45, 2.75) is 26.1 Å². The first-order valence-corrected chi connectivity index (χ1v) is 10.7. The quantitative estimate of drug-likeness (QED) is 0.619. The molecule has 164 valence electrons. The zero-order valence-corrected chi connectivity index (χ0v) is 18.1. The lowest BCUT2D eigenvalue weighted by Gasteiger charge is -2.18. The van der Waals surface area contributed by atoms with Crippen LogP contribution in [0.15, 0.2) is 48.0 Å². The number of ether oxygens (including phenoxy) is 6. The molecule has 3 aliphatic heterocycles. The molecule has 6 heteroatoms. The molecule has 0 aliphatic carbocycles. The van der Waals surface area contributed by atoms with Crippen LogP contribution in [0.1, 0.15) is 37.2 Å². The van der Waals surface area contributed by atoms with E-state index in [1.165, 1.54) is 5.57 Å². The summed E-state index contributed by atoms with van der Waals surface area (Å²) in [6.45, 7) is 6.23. The molecule has 2 saturated heterocycles. The molecule has 6 nitrogen and oxygen atoms in total. The first-order valence-electron chi connectivity index (χ1n) is 10.7. The third-order valence-corrected chi connectivity index (χ3v) is 6.24. The van der Waals surface area contributed by atoms with Crippen molar-refractivity contribution < 1.29 is 28.4 Å². The lowest BCUT2D eigenvalue weighted by molar-refractivity contribution is 0.0191. The van der Waals surface area contributed by atoms with Crippen LogP contribution >= 0.6 is 0 Å². The Labute approximate surface area is 182 Å². The summed E-state index contributed by atoms with van der Waals surface area (Å²) in [6, 6.07) is 12.1. The summed E-state index contributed by atoms with van der Waals surface area (Å²) < 4.78 is 34.9. The van der Waals surface area contributed by atoms with Crippen LogP contribution in [0.25, 0.3) is 0 Å². The molecular formula is C25H28O6. The molecule has 2 fully saturated rings. The predicted molar refractivity (Wildman–Crippen MR) is 115 cm³/mol. The Morgan fingerprint density at radius 1 is 0.903 bits per heavy atom. The molecule has 0 amide bonds. The fourth-order valence-electron chi connectivity index (χ4n) is 4.60. The van der Waals surface area contributed by atoms with E-state index in [-0.39, 0.29) is 24.9 Å². The number of hydrogen-bond donors (Lipinski definition) is 0. The summed E-state index contributed by atoms with van der Waals surface area (Å²) in [5.41, 5.74) is 3.43. The van der Waals surface area contributed by atoms with E-state index in [0.717, 1.165) is 34.1 Å². The van der Waals surface area contributed by atoms with E-state index in [1.807, 2.05) is 30.3 Å². The molecule has 0 aromatic heterocycles. The highest BCUT2D eigenvalue weighted by molar-refractivity contribution is 5.46. The summed E-state index contributed by atoms with van der Waals surface area (Å²) in [5, 5.41) is 0. The van der Waals surface area contributed by atoms with Gasteiger partial charge in [0.15, 0.2) is 23.0 Å². The lowest BCUT2D eigenvalue weighted by Crippen LogP contribution is -2.14. The average molecular weight is 424 g/mol. The van der Waals surface area contributed by atoms with Crippen molar-refractivity contribution in [2.75, 3.05) is 33.7 Å². The molecule has 0 radical (unpaired) electrons. The predicted octanol–water partition coefficient (Wildman–Crippen LogP) is 4.84. The van der Waals surface area contributed by atoms with Crippen LogP contribution in [-0.4, -0.2) is 33.7 Å². The van der Waals surface area contributed by atoms with E-state index >= 15 is 0 Å². The van der Waals surface area contributed by atoms with Crippen molar-refractivity contribution in [1.29, 1.82) is 0 Å². The Hall–Kier alpha value is -2.70. The molecule has 0 bridgehead atoms. The third-order valence-electron chi connectivity index (χ3n) is 6.24. The van der Waals surface area contributed by atoms with E-state index in [2.05, 4.69) is 26.0 Å². The van der Waals surface area contributed by atoms with Crippen LogP contribution < -0.4 is 18.9 Å². The second kappa shape index (κ2) is 8.44. The molecule has 3 heterocycles. The number of allylic oxidation sites excluding steroid dienone is 1. The van der Waals surface area contributed by atoms with Gasteiger partial charge in [-0.3, -0.25) is 0 Å². The highest BCUT2D eigenvalue weighted by Crippen LogP contribution is 2.51. The minimum absolute atomic E-state index is 0.00178. The van der Waals surface area contributed by atoms with Crippen molar-refractivity contribution in [3.63, 3.8) is 0 Å². The average Bonchev–Trinajstić information content (AvgIpc) is 3.49. The number of fused-ring (bicyclic) bond motifs is 2. The van der Waals surface area contributed by atoms with Crippen molar-refractivity contribution in [3.05, 3.63) is 59.2 Å². The summed E-state index contributed by atoms with van der Waals surface area (Å²) in [6.07, 6.45) is 2.02. The highest BCUT2D eigenvalue weighted by Gasteiger charge is 2.48. The van der Waals surface area contributed by atoms with Gasteiger partial charge in [-0.1, -0.05) is 17.7 Å². The maximum Gasteiger partial charge on any atom is 0.231 e. The van der Waals surface area contributed by atoms with Gasteiger partial charge >= 0.3 is 0 Å². The summed E-state index contributed by atoms with van der Waals surface area (Å²) in [5.74, 6) is 3.62. The molecule has 3 aliphatic rings. The van der Waals surface area contributed by atoms with Gasteiger partial charge in [-0.15, -0.1) is 0 Å². The number of methoxy groups -OCH3 is 1. The van der Waals surface area contributed by atoms with E-state index in [0.29, 0.717) is 25.7 Å². The summed E-state index contributed by atoms with van der Waals surface area (Å²) in [4.78, 5) is 0. The van der Waals surface area contributed by atoms with Crippen molar-refractivity contribution in [1.82, 2.24) is 0 Å². The van der Waals surface area contributed by atoms with Gasteiger partial charge in [0, 0.05) is 11.8 Å². The van der Waals surface area contributed by atoms with Crippen LogP contribution in [0.5, 0.6) is 23.0 Å². The van der Waals surface area contributed by atoms with E-state index in [9.17, 15) is 0 Å². The normalized spacial score (nSPS) is 25.9. The minimum atomic E-state index is -0.0234. The Morgan fingerprint density at radius 2 is 1.58 bits per heavy atom. The minimum Gasteiger partial charge on any atom is -0.493 e. The molecule has 2 aromatic rings. The van der Waals surface area contributed by atoms with Gasteiger partial charge in [-0.25, -0.2) is 0 Å². The van der Waals surface area contributed by atoms with Crippen LogP contribution in [0.4, 0.5) is 0 Å². The van der Waals surface area contributed by atoms with Crippen LogP contribution in [0.2, 0.25) is 0 Å². The molecule has 2 aromatic carbocycles. The van der Waals surface area contributed by atoms with Gasteiger partial charge in [0.05, 0.1) is 32.5 Å². The molecule has 4 atom stereocenters. The van der Waals surface area contributed by atoms with Gasteiger partial charge in [0.25, 0.3) is 0 Å². The monoisotopic (exact) mass is 424 g/mol. The Balaban J connectivity index is 1.32. The Bertz CT molecular complexity index is 980. The lowest BCUT2D eigenvalue weighted by atomic mass is 9.85. The topological polar surface area (TPSA) is 55.4 Å². The summed E-state index contributed by atoms with van der Waals surface area (Å²) >= 11 is 0. The highest BCUT2D eigenvalue weighted by atomic mass is 16.7. The second-order valence-corrected chi connectivity index (χ2v) is 8.45. The zero-order chi connectivity index (χ0) is 21.4. The van der Waals surface area contributed by atoms with E-state index < -0.39 is 0 Å². The number of hydrogen-bond acceptors (Lipinski definition) is 6. The second-order valence-electron chi connectivity index (χ2n) is 8.45. The standard InChI is InChI=1S/C25H28O6/c1-15(2)8-9-27-20-6-4-16(10-22(20)26-3)24-18-12-29-25(19(18)13-28-24)17-5-7-21-23(11-17)31-14-30-21/h4-8,10-11,18-19,24-25H,9,12-14H2,1-3H3/t18-,19-,24+,25-/m0/s1. The molecule has 0 N–H and O–H groups in total. The molecule has 31 heavy (non-hydrogen) atoms. The fraction of sp³-hybridized carbons (Fsp3) is 0.440. The molecule has 5 rings (SSSR count). The first-order chi connectivity index (χ1) is 15.1. The third kappa shape index (κ3) is 3.86. The largest absolute Gasteiger partial charge is 0.493 e. The van der Waals surface area contributed by atoms with Crippen molar-refractivity contribution in [2.24, 2.45) is 11.8 Å². The molecule has 0 spiro atoms. The smallest absolute Gasteiger partial charge is 0.231 e. The number of rotatable bonds is 6. The van der Waals surface area contributed by atoms with Gasteiger partial charge in [-0.05, 0) is 55.3 Å². The fourth-order valence-corrected chi connectivity index (χ4v) is 4.60. The van der Waals surface area contributed by atoms with Gasteiger partial charge in [0.1, 0.15) is 6.61 Å². The number of benzene rings is 2. The molecule has 0 saturated carbocycles. The molecular weight excluding hydrogens is 396 g/mol. The summed E-state index contributed by atoms with van der Waals surface area (Å²) in [7, 11) is 1.67. The van der Waals surface area contributed by atoms with Gasteiger partial charge in [0.2, 0.25) is 6.79 Å². The van der Waals surface area contributed by atoms with E-state index in [4.69, 9.17) is 28.4 Å². The van der Waals surface area contributed by atoms with Crippen molar-refractivity contribution >= 4 is 0 Å². The van der Waals surface area contributed by atoms with Gasteiger partial charge in [-0.2, -0.15) is 0 Å². The van der Waals surface area contributed by atoms with Crippen LogP contribution in [0, 0.1) is 11.8 Å². The zero-order valence-electron chi connectivity index (χ0n) is 18.1. The first kappa shape index (κ1) is 20.2. The SMILES string of the molecule is COc1cc([C@H]2OC[C@H]3[C@@H]2CO[C@H]3c2ccc3c(c2)OCO3)ccc1OCC=C(C)C. The van der Waals surface area contributed by atoms with E-state index in [1.54, 1.807) is 7.11 Å². The maximum atomic E-state index is 6.26. The van der Waals surface area contributed by atoms with Crippen molar-refractivity contribution in [3.8, 4) is 23.0 Å². The van der Waals surface area contributed by atoms with Gasteiger partial charge < -0.3 is 28.4 Å². The maximum absolute atomic E-state index is 6.26. The Morgan fingerprint density at radius 3 is 2.29 bits per heavy atom.